The highest BCUT2D eigenvalue weighted by atomic mass is 35.5. The van der Waals surface area contributed by atoms with Crippen LogP contribution in [-0.4, -0.2) is 12.7 Å². The van der Waals surface area contributed by atoms with Crippen LogP contribution in [0, 0.1) is 0 Å². The first-order valence-corrected chi connectivity index (χ1v) is 3.82. The molecular formula is C7H6ClNO3. The Morgan fingerprint density at radius 2 is 2.42 bits per heavy atom. The number of carbonyl (C=O) groups is 1. The van der Waals surface area contributed by atoms with Gasteiger partial charge in [-0.15, -0.1) is 0 Å². The summed E-state index contributed by atoms with van der Waals surface area (Å²) in [6.07, 6.45) is -0.424. The van der Waals surface area contributed by atoms with Gasteiger partial charge < -0.3 is 14.5 Å². The molecule has 1 aromatic heterocycles. The average molecular weight is 188 g/mol. The van der Waals surface area contributed by atoms with Gasteiger partial charge in [0.05, 0.1) is 0 Å². The van der Waals surface area contributed by atoms with E-state index in [4.69, 9.17) is 16.0 Å². The summed E-state index contributed by atoms with van der Waals surface area (Å²) in [6.45, 7) is 0.294. The smallest absolute Gasteiger partial charge is 0.407 e. The number of alkyl carbamates (subject to hydrolysis) is 1. The average Bonchev–Trinajstić information content (AvgIpc) is 2.58. The molecular weight excluding hydrogens is 182 g/mol. The zero-order valence-corrected chi connectivity index (χ0v) is 6.80. The number of amides is 1. The third kappa shape index (κ3) is 1.25. The number of furan rings is 1. The van der Waals surface area contributed by atoms with Gasteiger partial charge in [0.1, 0.15) is 18.4 Å². The highest BCUT2D eigenvalue weighted by molar-refractivity contribution is 6.28. The number of carbonyl (C=O) groups excluding carboxylic acids is 1. The fourth-order valence-corrected chi connectivity index (χ4v) is 1.21. The minimum absolute atomic E-state index is 0.204. The zero-order valence-electron chi connectivity index (χ0n) is 6.04. The molecule has 12 heavy (non-hydrogen) atoms. The molecule has 1 fully saturated rings. The Kier molecular flexibility index (Phi) is 1.69. The minimum Gasteiger partial charge on any atom is -0.447 e. The van der Waals surface area contributed by atoms with Gasteiger partial charge in [-0.25, -0.2) is 4.79 Å². The van der Waals surface area contributed by atoms with E-state index in [1.165, 1.54) is 0 Å². The maximum absolute atomic E-state index is 10.6. The molecule has 1 aromatic rings. The Labute approximate surface area is 73.4 Å². The van der Waals surface area contributed by atoms with E-state index in [0.717, 1.165) is 0 Å². The molecule has 1 aliphatic rings. The molecule has 1 amide bonds. The summed E-state index contributed by atoms with van der Waals surface area (Å²) in [5.74, 6) is 0.617. The Balaban J connectivity index is 2.15. The van der Waals surface area contributed by atoms with Gasteiger partial charge in [-0.05, 0) is 23.7 Å². The summed E-state index contributed by atoms with van der Waals surface area (Å²) in [5.41, 5.74) is 0. The molecule has 0 radical (unpaired) electrons. The highest BCUT2D eigenvalue weighted by Crippen LogP contribution is 2.22. The molecule has 0 bridgehead atoms. The van der Waals surface area contributed by atoms with E-state index >= 15 is 0 Å². The maximum Gasteiger partial charge on any atom is 0.407 e. The number of nitrogens with one attached hydrogen (secondary N) is 1. The van der Waals surface area contributed by atoms with Gasteiger partial charge in [-0.2, -0.15) is 0 Å². The molecule has 0 aliphatic carbocycles. The first-order valence-electron chi connectivity index (χ1n) is 3.44. The molecule has 0 unspecified atom stereocenters. The molecule has 0 saturated carbocycles. The number of ether oxygens (including phenoxy) is 1. The van der Waals surface area contributed by atoms with Crippen molar-refractivity contribution < 1.29 is 13.9 Å². The van der Waals surface area contributed by atoms with Gasteiger partial charge in [0.15, 0.2) is 5.22 Å². The van der Waals surface area contributed by atoms with Crippen molar-refractivity contribution in [3.63, 3.8) is 0 Å². The summed E-state index contributed by atoms with van der Waals surface area (Å²) in [5, 5.41) is 2.88. The normalized spacial score (nSPS) is 22.1. The number of halogens is 1. The molecule has 2 rings (SSSR count). The molecule has 0 spiro atoms. The van der Waals surface area contributed by atoms with Crippen molar-refractivity contribution in [2.75, 3.05) is 6.61 Å². The molecule has 4 nitrogen and oxygen atoms in total. The second-order valence-electron chi connectivity index (χ2n) is 2.44. The van der Waals surface area contributed by atoms with Crippen LogP contribution in [0.3, 0.4) is 0 Å². The molecule has 0 aromatic carbocycles. The van der Waals surface area contributed by atoms with Gasteiger partial charge in [-0.1, -0.05) is 0 Å². The lowest BCUT2D eigenvalue weighted by molar-refractivity contribution is 0.176. The van der Waals surface area contributed by atoms with Crippen LogP contribution in [-0.2, 0) is 4.74 Å². The van der Waals surface area contributed by atoms with E-state index in [1.54, 1.807) is 12.1 Å². The van der Waals surface area contributed by atoms with Crippen LogP contribution in [0.2, 0.25) is 5.22 Å². The van der Waals surface area contributed by atoms with E-state index in [2.05, 4.69) is 10.1 Å². The largest absolute Gasteiger partial charge is 0.447 e. The molecule has 5 heteroatoms. The van der Waals surface area contributed by atoms with Crippen LogP contribution in [0.5, 0.6) is 0 Å². The van der Waals surface area contributed by atoms with Gasteiger partial charge in [0, 0.05) is 0 Å². The van der Waals surface area contributed by atoms with Crippen molar-refractivity contribution in [2.24, 2.45) is 0 Å². The molecule has 64 valence electrons. The summed E-state index contributed by atoms with van der Waals surface area (Å²) in [7, 11) is 0. The van der Waals surface area contributed by atoms with Crippen LogP contribution in [0.4, 0.5) is 4.79 Å². The van der Waals surface area contributed by atoms with Crippen molar-refractivity contribution in [1.29, 1.82) is 0 Å². The van der Waals surface area contributed by atoms with Gasteiger partial charge in [0.25, 0.3) is 0 Å². The quantitative estimate of drug-likeness (QED) is 0.728. The predicted molar refractivity (Wildman–Crippen MR) is 40.9 cm³/mol. The number of hydrogen-bond donors (Lipinski definition) is 1. The summed E-state index contributed by atoms with van der Waals surface area (Å²) in [6, 6.07) is 3.13. The van der Waals surface area contributed by atoms with Crippen molar-refractivity contribution in [1.82, 2.24) is 5.32 Å². The van der Waals surface area contributed by atoms with Gasteiger partial charge in [0.2, 0.25) is 0 Å². The first-order chi connectivity index (χ1) is 5.75. The number of hydrogen-bond acceptors (Lipinski definition) is 3. The number of rotatable bonds is 1. The van der Waals surface area contributed by atoms with Gasteiger partial charge >= 0.3 is 6.09 Å². The first kappa shape index (κ1) is 7.49. The molecule has 1 aliphatic heterocycles. The van der Waals surface area contributed by atoms with Crippen molar-refractivity contribution in [3.05, 3.63) is 23.1 Å². The summed E-state index contributed by atoms with van der Waals surface area (Å²) in [4.78, 5) is 10.6. The molecule has 1 atom stereocenters. The van der Waals surface area contributed by atoms with Gasteiger partial charge in [-0.3, -0.25) is 0 Å². The van der Waals surface area contributed by atoms with Crippen LogP contribution < -0.4 is 5.32 Å². The third-order valence-electron chi connectivity index (χ3n) is 1.61. The van der Waals surface area contributed by atoms with E-state index in [0.29, 0.717) is 17.6 Å². The minimum atomic E-state index is -0.424. The van der Waals surface area contributed by atoms with Crippen LogP contribution in [0.25, 0.3) is 0 Å². The SMILES string of the molecule is O=C1N[C@@H](c2ccc(Cl)o2)CO1. The van der Waals surface area contributed by atoms with E-state index in [9.17, 15) is 4.79 Å². The predicted octanol–water partition coefficient (Wildman–Crippen LogP) is 1.71. The van der Waals surface area contributed by atoms with Crippen molar-refractivity contribution >= 4 is 17.7 Å². The van der Waals surface area contributed by atoms with Crippen LogP contribution >= 0.6 is 11.6 Å². The van der Waals surface area contributed by atoms with E-state index in [-0.39, 0.29) is 6.04 Å². The third-order valence-corrected chi connectivity index (χ3v) is 1.81. The van der Waals surface area contributed by atoms with E-state index in [1.807, 2.05) is 0 Å². The standard InChI is InChI=1S/C7H6ClNO3/c8-6-2-1-5(12-6)4-3-11-7(10)9-4/h1-2,4H,3H2,(H,9,10)/t4-/m1/s1. The lowest BCUT2D eigenvalue weighted by atomic mass is 10.2. The lowest BCUT2D eigenvalue weighted by Crippen LogP contribution is -2.17. The Bertz CT molecular complexity index is 309. The Hall–Kier alpha value is -1.16. The second-order valence-corrected chi connectivity index (χ2v) is 2.81. The summed E-state index contributed by atoms with van der Waals surface area (Å²) >= 11 is 5.56. The van der Waals surface area contributed by atoms with Crippen molar-refractivity contribution in [2.45, 2.75) is 6.04 Å². The second kappa shape index (κ2) is 2.71. The fraction of sp³-hybridized carbons (Fsp3) is 0.286. The van der Waals surface area contributed by atoms with Crippen molar-refractivity contribution in [3.8, 4) is 0 Å². The van der Waals surface area contributed by atoms with Crippen LogP contribution in [0.1, 0.15) is 11.8 Å². The number of cyclic esters (lactones) is 1. The lowest BCUT2D eigenvalue weighted by Gasteiger charge is -2.00. The maximum atomic E-state index is 10.6. The zero-order chi connectivity index (χ0) is 8.55. The monoisotopic (exact) mass is 187 g/mol. The molecule has 2 heterocycles. The fourth-order valence-electron chi connectivity index (χ4n) is 1.05. The molecule has 1 N–H and O–H groups in total. The van der Waals surface area contributed by atoms with Crippen LogP contribution in [0.15, 0.2) is 16.5 Å². The topological polar surface area (TPSA) is 51.5 Å². The highest BCUT2D eigenvalue weighted by Gasteiger charge is 2.26. The Morgan fingerprint density at radius 1 is 1.58 bits per heavy atom. The molecule has 1 saturated heterocycles. The Morgan fingerprint density at radius 3 is 2.92 bits per heavy atom. The summed E-state index contributed by atoms with van der Waals surface area (Å²) < 4.78 is 9.76. The van der Waals surface area contributed by atoms with E-state index < -0.39 is 6.09 Å².